The zero-order valence-corrected chi connectivity index (χ0v) is 16.0. The average molecular weight is 399 g/mol. The van der Waals surface area contributed by atoms with Gasteiger partial charge in [-0.25, -0.2) is 17.8 Å². The van der Waals surface area contributed by atoms with Crippen LogP contribution in [0.15, 0.2) is 65.6 Å². The summed E-state index contributed by atoms with van der Waals surface area (Å²) in [7, 11) is -3.85. The lowest BCUT2D eigenvalue weighted by molar-refractivity contribution is 0.102. The van der Waals surface area contributed by atoms with Gasteiger partial charge in [0, 0.05) is 16.9 Å². The number of pyridine rings is 1. The second-order valence-corrected chi connectivity index (χ2v) is 7.94. The van der Waals surface area contributed by atoms with Gasteiger partial charge in [0.15, 0.2) is 0 Å². The van der Waals surface area contributed by atoms with E-state index in [2.05, 4.69) is 15.0 Å². The van der Waals surface area contributed by atoms with Crippen LogP contribution in [0.1, 0.15) is 21.6 Å². The Morgan fingerprint density at radius 1 is 0.964 bits per heavy atom. The second kappa shape index (κ2) is 7.77. The average Bonchev–Trinajstić information content (AvgIpc) is 2.61. The molecule has 1 aromatic heterocycles. The lowest BCUT2D eigenvalue weighted by atomic mass is 10.2. The van der Waals surface area contributed by atoms with E-state index in [9.17, 15) is 17.6 Å². The number of anilines is 2. The van der Waals surface area contributed by atoms with Crippen LogP contribution < -0.4 is 10.0 Å². The van der Waals surface area contributed by atoms with Crippen molar-refractivity contribution in [3.05, 3.63) is 83.3 Å². The predicted molar refractivity (Wildman–Crippen MR) is 105 cm³/mol. The first kappa shape index (κ1) is 19.5. The standard InChI is InChI=1S/C20H18FN3O3S/c1-13-11-14(2)22-19(12-13)23-20(25)15-3-7-17(8-4-15)24-28(26,27)18-9-5-16(21)6-10-18/h3-12,24H,1-2H3,(H,22,23,25). The molecule has 0 aliphatic rings. The van der Waals surface area contributed by atoms with Crippen LogP contribution in [0.3, 0.4) is 0 Å². The van der Waals surface area contributed by atoms with Crippen molar-refractivity contribution in [2.24, 2.45) is 0 Å². The monoisotopic (exact) mass is 399 g/mol. The molecule has 1 amide bonds. The Labute approximate surface area is 162 Å². The molecular weight excluding hydrogens is 381 g/mol. The van der Waals surface area contributed by atoms with E-state index in [1.165, 1.54) is 36.4 Å². The zero-order chi connectivity index (χ0) is 20.3. The molecule has 2 aromatic carbocycles. The number of sulfonamides is 1. The molecule has 144 valence electrons. The topological polar surface area (TPSA) is 88.2 Å². The third-order valence-corrected chi connectivity index (χ3v) is 5.26. The van der Waals surface area contributed by atoms with Crippen molar-refractivity contribution in [2.45, 2.75) is 18.7 Å². The van der Waals surface area contributed by atoms with Crippen molar-refractivity contribution >= 4 is 27.4 Å². The summed E-state index contributed by atoms with van der Waals surface area (Å²) < 4.78 is 40.0. The number of benzene rings is 2. The summed E-state index contributed by atoms with van der Waals surface area (Å²) in [5.41, 5.74) is 2.41. The summed E-state index contributed by atoms with van der Waals surface area (Å²) in [4.78, 5) is 16.6. The third kappa shape index (κ3) is 4.72. The van der Waals surface area contributed by atoms with Crippen LogP contribution in [0.25, 0.3) is 0 Å². The van der Waals surface area contributed by atoms with E-state index >= 15 is 0 Å². The summed E-state index contributed by atoms with van der Waals surface area (Å²) in [5, 5.41) is 2.71. The quantitative estimate of drug-likeness (QED) is 0.681. The Morgan fingerprint density at radius 2 is 1.61 bits per heavy atom. The highest BCUT2D eigenvalue weighted by molar-refractivity contribution is 7.92. The van der Waals surface area contributed by atoms with Crippen molar-refractivity contribution in [3.63, 3.8) is 0 Å². The molecule has 8 heteroatoms. The molecule has 1 heterocycles. The minimum absolute atomic E-state index is 0.0587. The van der Waals surface area contributed by atoms with Gasteiger partial charge in [0.05, 0.1) is 4.90 Å². The molecule has 2 N–H and O–H groups in total. The SMILES string of the molecule is Cc1cc(C)nc(NC(=O)c2ccc(NS(=O)(=O)c3ccc(F)cc3)cc2)c1. The van der Waals surface area contributed by atoms with Crippen molar-refractivity contribution in [1.29, 1.82) is 0 Å². The number of amides is 1. The highest BCUT2D eigenvalue weighted by Gasteiger charge is 2.15. The van der Waals surface area contributed by atoms with Gasteiger partial charge in [0.1, 0.15) is 11.6 Å². The van der Waals surface area contributed by atoms with Crippen LogP contribution in [0.4, 0.5) is 15.9 Å². The predicted octanol–water partition coefficient (Wildman–Crippen LogP) is 3.89. The summed E-state index contributed by atoms with van der Waals surface area (Å²) in [6.45, 7) is 3.75. The molecule has 0 bridgehead atoms. The molecule has 0 aliphatic heterocycles. The largest absolute Gasteiger partial charge is 0.307 e. The van der Waals surface area contributed by atoms with Gasteiger partial charge in [-0.2, -0.15) is 0 Å². The van der Waals surface area contributed by atoms with Gasteiger partial charge in [0.25, 0.3) is 15.9 Å². The number of hydrogen-bond donors (Lipinski definition) is 2. The molecule has 3 rings (SSSR count). The molecular formula is C20H18FN3O3S. The lowest BCUT2D eigenvalue weighted by Crippen LogP contribution is -2.15. The Balaban J connectivity index is 1.72. The normalized spacial score (nSPS) is 11.1. The smallest absolute Gasteiger partial charge is 0.261 e. The summed E-state index contributed by atoms with van der Waals surface area (Å²) in [6.07, 6.45) is 0. The van der Waals surface area contributed by atoms with E-state index in [0.717, 1.165) is 23.4 Å². The van der Waals surface area contributed by atoms with Gasteiger partial charge in [-0.15, -0.1) is 0 Å². The van der Waals surface area contributed by atoms with Gasteiger partial charge < -0.3 is 5.32 Å². The summed E-state index contributed by atoms with van der Waals surface area (Å²) in [6, 6.07) is 14.1. The third-order valence-electron chi connectivity index (χ3n) is 3.86. The van der Waals surface area contributed by atoms with Crippen LogP contribution in [0.2, 0.25) is 0 Å². The molecule has 0 atom stereocenters. The van der Waals surface area contributed by atoms with Crippen molar-refractivity contribution in [1.82, 2.24) is 4.98 Å². The summed E-state index contributed by atoms with van der Waals surface area (Å²) in [5.74, 6) is -0.429. The minimum Gasteiger partial charge on any atom is -0.307 e. The molecule has 0 aliphatic carbocycles. The Hall–Kier alpha value is -3.26. The van der Waals surface area contributed by atoms with Crippen LogP contribution in [-0.2, 0) is 10.0 Å². The Bertz CT molecular complexity index is 1090. The molecule has 0 spiro atoms. The molecule has 3 aromatic rings. The van der Waals surface area contributed by atoms with Crippen LogP contribution in [0.5, 0.6) is 0 Å². The van der Waals surface area contributed by atoms with Gasteiger partial charge in [0.2, 0.25) is 0 Å². The van der Waals surface area contributed by atoms with Crippen molar-refractivity contribution < 1.29 is 17.6 Å². The molecule has 0 unspecified atom stereocenters. The van der Waals surface area contributed by atoms with Crippen LogP contribution in [0, 0.1) is 19.7 Å². The van der Waals surface area contributed by atoms with E-state index in [1.54, 1.807) is 6.07 Å². The van der Waals surface area contributed by atoms with Crippen molar-refractivity contribution in [3.8, 4) is 0 Å². The van der Waals surface area contributed by atoms with E-state index in [0.29, 0.717) is 11.4 Å². The van der Waals surface area contributed by atoms with E-state index in [4.69, 9.17) is 0 Å². The van der Waals surface area contributed by atoms with Gasteiger partial charge in [-0.1, -0.05) is 0 Å². The number of nitrogens with one attached hydrogen (secondary N) is 2. The van der Waals surface area contributed by atoms with E-state index in [-0.39, 0.29) is 16.5 Å². The first-order valence-corrected chi connectivity index (χ1v) is 9.86. The fourth-order valence-electron chi connectivity index (χ4n) is 2.61. The summed E-state index contributed by atoms with van der Waals surface area (Å²) >= 11 is 0. The van der Waals surface area contributed by atoms with E-state index < -0.39 is 15.8 Å². The Kier molecular flexibility index (Phi) is 5.41. The molecule has 0 saturated heterocycles. The van der Waals surface area contributed by atoms with Crippen LogP contribution in [-0.4, -0.2) is 19.3 Å². The van der Waals surface area contributed by atoms with E-state index in [1.807, 2.05) is 19.9 Å². The van der Waals surface area contributed by atoms with Gasteiger partial charge in [-0.3, -0.25) is 9.52 Å². The second-order valence-electron chi connectivity index (χ2n) is 6.26. The maximum atomic E-state index is 13.0. The first-order valence-electron chi connectivity index (χ1n) is 8.38. The Morgan fingerprint density at radius 3 is 2.21 bits per heavy atom. The number of carbonyl (C=O) groups excluding carboxylic acids is 1. The number of nitrogens with zero attached hydrogens (tertiary/aromatic N) is 1. The molecule has 0 radical (unpaired) electrons. The fraction of sp³-hybridized carbons (Fsp3) is 0.100. The van der Waals surface area contributed by atoms with Gasteiger partial charge in [-0.05, 0) is 80.1 Å². The zero-order valence-electron chi connectivity index (χ0n) is 15.2. The molecule has 6 nitrogen and oxygen atoms in total. The molecule has 0 saturated carbocycles. The first-order chi connectivity index (χ1) is 13.2. The number of halogens is 1. The van der Waals surface area contributed by atoms with Crippen LogP contribution >= 0.6 is 0 Å². The number of aryl methyl sites for hydroxylation is 2. The fourth-order valence-corrected chi connectivity index (χ4v) is 3.67. The van der Waals surface area contributed by atoms with Crippen molar-refractivity contribution in [2.75, 3.05) is 10.0 Å². The highest BCUT2D eigenvalue weighted by Crippen LogP contribution is 2.18. The minimum atomic E-state index is -3.85. The number of carbonyl (C=O) groups is 1. The lowest BCUT2D eigenvalue weighted by Gasteiger charge is -2.10. The number of aromatic nitrogens is 1. The number of hydrogen-bond acceptors (Lipinski definition) is 4. The number of rotatable bonds is 5. The maximum Gasteiger partial charge on any atom is 0.261 e. The molecule has 28 heavy (non-hydrogen) atoms. The van der Waals surface area contributed by atoms with Gasteiger partial charge >= 0.3 is 0 Å². The maximum absolute atomic E-state index is 13.0. The highest BCUT2D eigenvalue weighted by atomic mass is 32.2. The molecule has 0 fully saturated rings.